The zero-order valence-electron chi connectivity index (χ0n) is 17.5. The highest BCUT2D eigenvalue weighted by Crippen LogP contribution is 2.28. The van der Waals surface area contributed by atoms with Gasteiger partial charge in [-0.2, -0.15) is 0 Å². The van der Waals surface area contributed by atoms with E-state index >= 15 is 0 Å². The minimum absolute atomic E-state index is 0.0172. The van der Waals surface area contributed by atoms with Crippen LogP contribution in [0.25, 0.3) is 11.0 Å². The fraction of sp³-hybridized carbons (Fsp3) is 0.125. The number of furan rings is 1. The van der Waals surface area contributed by atoms with E-state index in [0.29, 0.717) is 22.6 Å². The Morgan fingerprint density at radius 1 is 0.818 bits per heavy atom. The predicted octanol–water partition coefficient (Wildman–Crippen LogP) is 3.90. The standard InChI is InChI=1S/C24H21NO7S/c25-33(27,28)19-12-10-18(11-13-19)29-14-15-30-24(26)23-21(16-31-17-6-2-1-3-7-17)20-8-4-5-9-22(20)32-23/h1-13H,14-16H2,(H2,25,27,28). The molecule has 1 heterocycles. The Kier molecular flexibility index (Phi) is 6.62. The molecule has 0 amide bonds. The van der Waals surface area contributed by atoms with Gasteiger partial charge in [-0.15, -0.1) is 0 Å². The van der Waals surface area contributed by atoms with Crippen LogP contribution < -0.4 is 14.6 Å². The molecule has 4 rings (SSSR count). The average Bonchev–Trinajstić information content (AvgIpc) is 3.19. The summed E-state index contributed by atoms with van der Waals surface area (Å²) in [5.74, 6) is 0.527. The smallest absolute Gasteiger partial charge is 0.374 e. The first kappa shape index (κ1) is 22.4. The molecule has 0 spiro atoms. The van der Waals surface area contributed by atoms with Gasteiger partial charge in [0.05, 0.1) is 10.5 Å². The van der Waals surface area contributed by atoms with Crippen molar-refractivity contribution < 1.29 is 31.8 Å². The van der Waals surface area contributed by atoms with Crippen LogP contribution in [0.1, 0.15) is 16.1 Å². The molecule has 0 bridgehead atoms. The molecule has 0 aliphatic heterocycles. The van der Waals surface area contributed by atoms with E-state index in [0.717, 1.165) is 5.39 Å². The van der Waals surface area contributed by atoms with Crippen molar-refractivity contribution in [3.8, 4) is 11.5 Å². The third-order valence-electron chi connectivity index (χ3n) is 4.75. The zero-order chi connectivity index (χ0) is 23.3. The highest BCUT2D eigenvalue weighted by Gasteiger charge is 2.22. The first-order chi connectivity index (χ1) is 15.9. The number of ether oxygens (including phenoxy) is 3. The van der Waals surface area contributed by atoms with E-state index < -0.39 is 16.0 Å². The zero-order valence-corrected chi connectivity index (χ0v) is 18.3. The molecule has 2 N–H and O–H groups in total. The number of fused-ring (bicyclic) bond motifs is 1. The first-order valence-electron chi connectivity index (χ1n) is 10.0. The van der Waals surface area contributed by atoms with Crippen LogP contribution in [0.5, 0.6) is 11.5 Å². The van der Waals surface area contributed by atoms with Gasteiger partial charge in [-0.25, -0.2) is 18.4 Å². The van der Waals surface area contributed by atoms with Crippen molar-refractivity contribution in [1.29, 1.82) is 0 Å². The summed E-state index contributed by atoms with van der Waals surface area (Å²) in [6.45, 7) is 0.167. The van der Waals surface area contributed by atoms with Crippen LogP contribution in [0.15, 0.2) is 88.2 Å². The van der Waals surface area contributed by atoms with Crippen LogP contribution in [-0.4, -0.2) is 27.6 Å². The van der Waals surface area contributed by atoms with Gasteiger partial charge in [0.25, 0.3) is 0 Å². The van der Waals surface area contributed by atoms with E-state index in [-0.39, 0.29) is 30.5 Å². The topological polar surface area (TPSA) is 118 Å². The van der Waals surface area contributed by atoms with Gasteiger partial charge in [0, 0.05) is 5.39 Å². The van der Waals surface area contributed by atoms with E-state index in [2.05, 4.69) is 0 Å². The fourth-order valence-electron chi connectivity index (χ4n) is 3.16. The van der Waals surface area contributed by atoms with Gasteiger partial charge in [0.15, 0.2) is 0 Å². The molecule has 0 atom stereocenters. The number of esters is 1. The first-order valence-corrected chi connectivity index (χ1v) is 11.6. The Labute approximate surface area is 190 Å². The maximum Gasteiger partial charge on any atom is 0.374 e. The molecule has 0 saturated carbocycles. The molecule has 0 unspecified atom stereocenters. The number of carbonyl (C=O) groups excluding carboxylic acids is 1. The Hall–Kier alpha value is -3.82. The monoisotopic (exact) mass is 467 g/mol. The van der Waals surface area contributed by atoms with Gasteiger partial charge in [-0.05, 0) is 42.5 Å². The molecule has 0 fully saturated rings. The largest absolute Gasteiger partial charge is 0.490 e. The summed E-state index contributed by atoms with van der Waals surface area (Å²) in [6, 6.07) is 22.2. The van der Waals surface area contributed by atoms with E-state index in [9.17, 15) is 13.2 Å². The molecule has 33 heavy (non-hydrogen) atoms. The number of carbonyl (C=O) groups is 1. The number of benzene rings is 3. The second-order valence-corrected chi connectivity index (χ2v) is 8.57. The maximum absolute atomic E-state index is 12.7. The summed E-state index contributed by atoms with van der Waals surface area (Å²) in [7, 11) is -3.77. The van der Waals surface area contributed by atoms with Crippen molar-refractivity contribution in [3.05, 3.63) is 90.2 Å². The van der Waals surface area contributed by atoms with E-state index in [1.54, 1.807) is 6.07 Å². The third-order valence-corrected chi connectivity index (χ3v) is 5.68. The predicted molar refractivity (Wildman–Crippen MR) is 121 cm³/mol. The molecule has 0 radical (unpaired) electrons. The molecule has 4 aromatic rings. The van der Waals surface area contributed by atoms with Gasteiger partial charge in [-0.1, -0.05) is 36.4 Å². The number of hydrogen-bond acceptors (Lipinski definition) is 7. The van der Waals surface area contributed by atoms with Crippen molar-refractivity contribution in [2.24, 2.45) is 5.14 Å². The highest BCUT2D eigenvalue weighted by molar-refractivity contribution is 7.89. The Balaban J connectivity index is 1.39. The van der Waals surface area contributed by atoms with Gasteiger partial charge in [0.2, 0.25) is 15.8 Å². The van der Waals surface area contributed by atoms with Gasteiger partial charge in [0.1, 0.15) is 36.9 Å². The van der Waals surface area contributed by atoms with E-state index in [4.69, 9.17) is 23.8 Å². The Bertz CT molecular complexity index is 1350. The fourth-order valence-corrected chi connectivity index (χ4v) is 3.68. The molecular formula is C24H21NO7S. The van der Waals surface area contributed by atoms with E-state index in [1.165, 1.54) is 24.3 Å². The quantitative estimate of drug-likeness (QED) is 0.293. The van der Waals surface area contributed by atoms with Crippen molar-refractivity contribution in [2.45, 2.75) is 11.5 Å². The highest BCUT2D eigenvalue weighted by atomic mass is 32.2. The summed E-state index contributed by atoms with van der Waals surface area (Å²) in [4.78, 5) is 12.7. The van der Waals surface area contributed by atoms with Crippen LogP contribution in [-0.2, 0) is 21.4 Å². The molecule has 0 aliphatic rings. The molecule has 1 aromatic heterocycles. The molecule has 9 heteroatoms. The Morgan fingerprint density at radius 3 is 2.21 bits per heavy atom. The molecule has 0 aliphatic carbocycles. The third kappa shape index (κ3) is 5.51. The second-order valence-electron chi connectivity index (χ2n) is 7.01. The number of rotatable bonds is 9. The molecule has 3 aromatic carbocycles. The second kappa shape index (κ2) is 9.76. The van der Waals surface area contributed by atoms with Gasteiger partial charge >= 0.3 is 5.97 Å². The summed E-state index contributed by atoms with van der Waals surface area (Å²) < 4.78 is 45.0. The summed E-state index contributed by atoms with van der Waals surface area (Å²) >= 11 is 0. The van der Waals surface area contributed by atoms with Crippen LogP contribution in [0.2, 0.25) is 0 Å². The van der Waals surface area contributed by atoms with Crippen LogP contribution >= 0.6 is 0 Å². The van der Waals surface area contributed by atoms with Gasteiger partial charge < -0.3 is 18.6 Å². The summed E-state index contributed by atoms with van der Waals surface area (Å²) in [6.07, 6.45) is 0. The average molecular weight is 467 g/mol. The van der Waals surface area contributed by atoms with Crippen LogP contribution in [0.4, 0.5) is 0 Å². The number of sulfonamides is 1. The minimum Gasteiger partial charge on any atom is -0.490 e. The lowest BCUT2D eigenvalue weighted by atomic mass is 10.1. The molecule has 170 valence electrons. The lowest BCUT2D eigenvalue weighted by molar-refractivity contribution is 0.0413. The summed E-state index contributed by atoms with van der Waals surface area (Å²) in [5.41, 5.74) is 1.15. The maximum atomic E-state index is 12.7. The van der Waals surface area contributed by atoms with E-state index in [1.807, 2.05) is 48.5 Å². The lowest BCUT2D eigenvalue weighted by Gasteiger charge is -2.09. The lowest BCUT2D eigenvalue weighted by Crippen LogP contribution is -2.14. The number of hydrogen-bond donors (Lipinski definition) is 1. The summed E-state index contributed by atoms with van der Waals surface area (Å²) in [5, 5.41) is 5.84. The van der Waals surface area contributed by atoms with Crippen molar-refractivity contribution >= 4 is 27.0 Å². The molecule has 0 saturated heterocycles. The van der Waals surface area contributed by atoms with Crippen molar-refractivity contribution in [3.63, 3.8) is 0 Å². The van der Waals surface area contributed by atoms with Crippen molar-refractivity contribution in [2.75, 3.05) is 13.2 Å². The number of nitrogens with two attached hydrogens (primary N) is 1. The molecular weight excluding hydrogens is 446 g/mol. The molecule has 8 nitrogen and oxygen atoms in total. The minimum atomic E-state index is -3.77. The van der Waals surface area contributed by atoms with Gasteiger partial charge in [-0.3, -0.25) is 0 Å². The number of primary sulfonamides is 1. The van der Waals surface area contributed by atoms with Crippen molar-refractivity contribution in [1.82, 2.24) is 0 Å². The Morgan fingerprint density at radius 2 is 1.48 bits per heavy atom. The SMILES string of the molecule is NS(=O)(=O)c1ccc(OCCOC(=O)c2oc3ccccc3c2COc2ccccc2)cc1. The van der Waals surface area contributed by atoms with Crippen LogP contribution in [0, 0.1) is 0 Å². The normalized spacial score (nSPS) is 11.3. The van der Waals surface area contributed by atoms with Crippen LogP contribution in [0.3, 0.4) is 0 Å². The number of para-hydroxylation sites is 2.